The van der Waals surface area contributed by atoms with Crippen LogP contribution in [-0.2, 0) is 0 Å². The van der Waals surface area contributed by atoms with Crippen LogP contribution in [0.1, 0.15) is 16.7 Å². The summed E-state index contributed by atoms with van der Waals surface area (Å²) >= 11 is 3.37. The van der Waals surface area contributed by atoms with Gasteiger partial charge in [-0.05, 0) is 75.6 Å². The number of hydrogen-bond donors (Lipinski definition) is 2. The quantitative estimate of drug-likeness (QED) is 0.175. The van der Waals surface area contributed by atoms with Crippen LogP contribution in [0.2, 0.25) is 0 Å². The molecule has 4 aromatic carbocycles. The number of para-hydroxylation sites is 4. The molecule has 0 aliphatic rings. The second kappa shape index (κ2) is 19.2. The number of aliphatic hydroxyl groups excluding tert-OH is 2. The topological polar surface area (TPSA) is 92.0 Å². The van der Waals surface area contributed by atoms with Gasteiger partial charge in [0.1, 0.15) is 0 Å². The largest absolute Gasteiger partial charge is 0.392 e. The number of aliphatic hydroxyl groups is 2. The molecule has 0 radical (unpaired) electrons. The van der Waals surface area contributed by atoms with E-state index in [4.69, 9.17) is 16.6 Å². The van der Waals surface area contributed by atoms with Crippen LogP contribution in [0.5, 0.6) is 0 Å². The lowest BCUT2D eigenvalue weighted by Crippen LogP contribution is -1.80. The molecule has 8 rings (SSSR count). The number of fused-ring (bicyclic) bond motifs is 4. The van der Waals surface area contributed by atoms with Gasteiger partial charge in [-0.25, -0.2) is 0 Å². The average Bonchev–Trinajstić information content (AvgIpc) is 3.19. The summed E-state index contributed by atoms with van der Waals surface area (Å²) in [5, 5.41) is 21.8. The van der Waals surface area contributed by atoms with E-state index < -0.39 is 0 Å². The third kappa shape index (κ3) is 11.0. The lowest BCUT2D eigenvalue weighted by Gasteiger charge is -1.97. The van der Waals surface area contributed by atoms with E-state index in [0.29, 0.717) is 0 Å². The standard InChI is InChI=1S/2C12H11NO.C11H7N.C9H6BrN/c2*14-7-3-4-10-8-11-5-1-2-6-12(11)13-9-10;1-2-9-7-10-5-3-4-6-11(10)12-8-9;10-8-5-7-3-1-2-4-9(7)11-6-8/h2*1-6,8-9,14H,7H2;1,3-8H;1-6H/b4-3+;4-3-;;. The average molecular weight is 732 g/mol. The van der Waals surface area contributed by atoms with Crippen LogP contribution in [0.25, 0.3) is 55.8 Å². The van der Waals surface area contributed by atoms with E-state index in [9.17, 15) is 0 Å². The van der Waals surface area contributed by atoms with E-state index in [2.05, 4.69) is 60.0 Å². The van der Waals surface area contributed by atoms with Crippen LogP contribution in [0.3, 0.4) is 0 Å². The molecule has 0 aliphatic carbocycles. The molecule has 6 nitrogen and oxygen atoms in total. The Morgan fingerprint density at radius 1 is 0.510 bits per heavy atom. The maximum absolute atomic E-state index is 8.63. The molecule has 4 heterocycles. The molecule has 0 amide bonds. The molecule has 0 atom stereocenters. The van der Waals surface area contributed by atoms with Crippen molar-refractivity contribution in [2.45, 2.75) is 0 Å². The lowest BCUT2D eigenvalue weighted by molar-refractivity contribution is 0.343. The molecule has 0 saturated carbocycles. The molecule has 0 fully saturated rings. The third-order valence-electron chi connectivity index (χ3n) is 7.37. The van der Waals surface area contributed by atoms with E-state index in [1.165, 1.54) is 5.39 Å². The number of pyridine rings is 4. The lowest BCUT2D eigenvalue weighted by atomic mass is 10.1. The minimum Gasteiger partial charge on any atom is -0.392 e. The van der Waals surface area contributed by atoms with Gasteiger partial charge in [0.2, 0.25) is 0 Å². The monoisotopic (exact) mass is 730 g/mol. The van der Waals surface area contributed by atoms with Crippen molar-refractivity contribution in [3.63, 3.8) is 0 Å². The van der Waals surface area contributed by atoms with Gasteiger partial charge in [-0.3, -0.25) is 19.9 Å². The zero-order chi connectivity index (χ0) is 35.7. The highest BCUT2D eigenvalue weighted by Crippen LogP contribution is 2.17. The number of rotatable bonds is 4. The van der Waals surface area contributed by atoms with Crippen LogP contribution in [0.15, 0.2) is 163 Å². The Morgan fingerprint density at radius 3 is 1.31 bits per heavy atom. The Balaban J connectivity index is 0.000000132. The molecule has 4 aromatic heterocycles. The molecule has 8 aromatic rings. The molecule has 250 valence electrons. The molecule has 2 N–H and O–H groups in total. The maximum atomic E-state index is 8.63. The summed E-state index contributed by atoms with van der Waals surface area (Å²) in [5.74, 6) is 2.56. The summed E-state index contributed by atoms with van der Waals surface area (Å²) in [7, 11) is 0. The predicted octanol–water partition coefficient (Wildman–Crippen LogP) is 9.69. The Labute approximate surface area is 305 Å². The van der Waals surface area contributed by atoms with Gasteiger partial charge in [-0.2, -0.15) is 0 Å². The molecule has 7 heteroatoms. The molecule has 0 saturated heterocycles. The van der Waals surface area contributed by atoms with Crippen LogP contribution < -0.4 is 0 Å². The van der Waals surface area contributed by atoms with Crippen LogP contribution in [0.4, 0.5) is 0 Å². The maximum Gasteiger partial charge on any atom is 0.0702 e. The summed E-state index contributed by atoms with van der Waals surface area (Å²) in [6, 6.07) is 40.0. The van der Waals surface area contributed by atoms with E-state index in [1.54, 1.807) is 30.7 Å². The highest BCUT2D eigenvalue weighted by Gasteiger charge is 1.96. The van der Waals surface area contributed by atoms with Crippen molar-refractivity contribution in [2.75, 3.05) is 13.2 Å². The van der Waals surface area contributed by atoms with Gasteiger partial charge < -0.3 is 10.2 Å². The normalized spacial score (nSPS) is 10.6. The van der Waals surface area contributed by atoms with Crippen molar-refractivity contribution in [3.05, 3.63) is 179 Å². The minimum atomic E-state index is 0.0623. The Kier molecular flexibility index (Phi) is 13.7. The predicted molar refractivity (Wildman–Crippen MR) is 215 cm³/mol. The van der Waals surface area contributed by atoms with Crippen molar-refractivity contribution in [1.29, 1.82) is 0 Å². The number of hydrogen-bond acceptors (Lipinski definition) is 6. The van der Waals surface area contributed by atoms with E-state index >= 15 is 0 Å². The van der Waals surface area contributed by atoms with Crippen LogP contribution >= 0.6 is 15.9 Å². The van der Waals surface area contributed by atoms with Gasteiger partial charge in [0.15, 0.2) is 0 Å². The second-order valence-electron chi connectivity index (χ2n) is 11.0. The van der Waals surface area contributed by atoms with Crippen molar-refractivity contribution in [1.82, 2.24) is 19.9 Å². The first-order valence-electron chi connectivity index (χ1n) is 16.1. The highest BCUT2D eigenvalue weighted by atomic mass is 79.9. The van der Waals surface area contributed by atoms with E-state index in [-0.39, 0.29) is 13.2 Å². The van der Waals surface area contributed by atoms with Crippen molar-refractivity contribution < 1.29 is 10.2 Å². The summed E-state index contributed by atoms with van der Waals surface area (Å²) in [4.78, 5) is 17.0. The summed E-state index contributed by atoms with van der Waals surface area (Å²) < 4.78 is 1.02. The summed E-state index contributed by atoms with van der Waals surface area (Å²) in [6.07, 6.45) is 19.5. The first-order valence-corrected chi connectivity index (χ1v) is 16.9. The van der Waals surface area contributed by atoms with Gasteiger partial charge in [-0.15, -0.1) is 6.42 Å². The van der Waals surface area contributed by atoms with Crippen LogP contribution in [0, 0.1) is 12.3 Å². The second-order valence-corrected chi connectivity index (χ2v) is 11.9. The van der Waals surface area contributed by atoms with Gasteiger partial charge in [0.25, 0.3) is 0 Å². The first kappa shape index (κ1) is 36.2. The fourth-order valence-electron chi connectivity index (χ4n) is 4.93. The zero-order valence-corrected chi connectivity index (χ0v) is 29.3. The molecule has 0 unspecified atom stereocenters. The molecule has 51 heavy (non-hydrogen) atoms. The number of nitrogens with zero attached hydrogens (tertiary/aromatic N) is 4. The Morgan fingerprint density at radius 2 is 0.882 bits per heavy atom. The Bertz CT molecular complexity index is 2360. The number of aromatic nitrogens is 4. The van der Waals surface area contributed by atoms with E-state index in [1.807, 2.05) is 121 Å². The summed E-state index contributed by atoms with van der Waals surface area (Å²) in [5.41, 5.74) is 6.86. The molecule has 0 bridgehead atoms. The third-order valence-corrected chi connectivity index (χ3v) is 7.80. The zero-order valence-electron chi connectivity index (χ0n) is 27.7. The number of halogens is 1. The first-order chi connectivity index (χ1) is 25.1. The van der Waals surface area contributed by atoms with Crippen LogP contribution in [-0.4, -0.2) is 43.4 Å². The molecule has 0 spiro atoms. The smallest absolute Gasteiger partial charge is 0.0702 e. The number of benzene rings is 4. The van der Waals surface area contributed by atoms with Gasteiger partial charge in [0, 0.05) is 56.4 Å². The fourth-order valence-corrected chi connectivity index (χ4v) is 5.28. The van der Waals surface area contributed by atoms with Crippen molar-refractivity contribution in [2.24, 2.45) is 0 Å². The fraction of sp³-hybridized carbons (Fsp3) is 0.0455. The number of terminal acetylenes is 1. The van der Waals surface area contributed by atoms with Gasteiger partial charge in [-0.1, -0.05) is 103 Å². The molecule has 0 aliphatic heterocycles. The summed E-state index contributed by atoms with van der Waals surface area (Å²) in [6.45, 7) is 0.125. The SMILES string of the molecule is Brc1cnc2ccccc2c1.C#Cc1cnc2ccccc2c1.OC/C=C/c1cnc2ccccc2c1.OC/C=C\c1cnc2ccccc2c1. The molecular weight excluding hydrogens is 696 g/mol. The van der Waals surface area contributed by atoms with Gasteiger partial charge in [0.05, 0.1) is 35.3 Å². The van der Waals surface area contributed by atoms with E-state index in [0.717, 1.165) is 59.4 Å². The van der Waals surface area contributed by atoms with Crippen molar-refractivity contribution in [3.8, 4) is 12.3 Å². The van der Waals surface area contributed by atoms with Gasteiger partial charge >= 0.3 is 0 Å². The highest BCUT2D eigenvalue weighted by molar-refractivity contribution is 9.10. The van der Waals surface area contributed by atoms with Crippen molar-refractivity contribution >= 4 is 71.7 Å². The Hall–Kier alpha value is -6.04. The minimum absolute atomic E-state index is 0.0623. The molecular formula is C44H35BrN4O2.